The summed E-state index contributed by atoms with van der Waals surface area (Å²) in [5, 5.41) is 2.86. The lowest BCUT2D eigenvalue weighted by Crippen LogP contribution is -2.50. The van der Waals surface area contributed by atoms with Gasteiger partial charge in [0.15, 0.2) is 0 Å². The summed E-state index contributed by atoms with van der Waals surface area (Å²) in [5.74, 6) is -0.543. The molecule has 0 aliphatic carbocycles. The Hall–Kier alpha value is -4.95. The van der Waals surface area contributed by atoms with Crippen LogP contribution in [0.15, 0.2) is 88.1 Å². The van der Waals surface area contributed by atoms with Gasteiger partial charge in [-0.1, -0.05) is 48.5 Å². The Morgan fingerprint density at radius 3 is 2.44 bits per heavy atom. The molecule has 3 aliphatic rings. The number of ether oxygens (including phenoxy) is 3. The number of imide groups is 1. The molecular formula is C35H27NO7. The van der Waals surface area contributed by atoms with E-state index in [9.17, 15) is 14.4 Å². The van der Waals surface area contributed by atoms with Crippen LogP contribution in [0.4, 0.5) is 0 Å². The zero-order valence-electron chi connectivity index (χ0n) is 23.4. The van der Waals surface area contributed by atoms with E-state index in [0.29, 0.717) is 71.4 Å². The van der Waals surface area contributed by atoms with E-state index in [0.717, 1.165) is 21.9 Å². The van der Waals surface area contributed by atoms with E-state index in [1.165, 1.54) is 4.90 Å². The highest BCUT2D eigenvalue weighted by Gasteiger charge is 2.49. The smallest absolute Gasteiger partial charge is 0.346 e. The van der Waals surface area contributed by atoms with Crippen LogP contribution in [-0.4, -0.2) is 36.2 Å². The minimum atomic E-state index is -1.06. The predicted octanol–water partition coefficient (Wildman–Crippen LogP) is 6.17. The molecule has 5 aromatic rings. The van der Waals surface area contributed by atoms with Crippen molar-refractivity contribution in [1.29, 1.82) is 0 Å². The van der Waals surface area contributed by atoms with E-state index < -0.39 is 17.5 Å². The number of amides is 2. The minimum Gasteiger partial charge on any atom is -0.497 e. The zero-order chi connectivity index (χ0) is 29.3. The fraction of sp³-hybridized carbons (Fsp3) is 0.229. The molecule has 214 valence electrons. The van der Waals surface area contributed by atoms with E-state index >= 15 is 0 Å². The number of carbonyl (C=O) groups excluding carboxylic acids is 2. The molecule has 4 heterocycles. The van der Waals surface area contributed by atoms with Crippen LogP contribution in [-0.2, 0) is 11.2 Å². The molecule has 8 rings (SSSR count). The first-order chi connectivity index (χ1) is 21.0. The molecule has 8 nitrogen and oxygen atoms in total. The fourth-order valence-electron chi connectivity index (χ4n) is 6.78. The third kappa shape index (κ3) is 3.90. The van der Waals surface area contributed by atoms with Crippen LogP contribution in [0.5, 0.6) is 11.5 Å². The summed E-state index contributed by atoms with van der Waals surface area (Å²) in [6.07, 6.45) is 1.50. The highest BCUT2D eigenvalue weighted by atomic mass is 16.7. The van der Waals surface area contributed by atoms with Gasteiger partial charge in [-0.25, -0.2) is 4.79 Å². The van der Waals surface area contributed by atoms with Crippen molar-refractivity contribution in [3.05, 3.63) is 117 Å². The Morgan fingerprint density at radius 2 is 1.65 bits per heavy atom. The number of unbranched alkanes of at least 4 members (excludes halogenated alkanes) is 1. The third-order valence-electron chi connectivity index (χ3n) is 8.86. The van der Waals surface area contributed by atoms with Crippen LogP contribution in [0.3, 0.4) is 0 Å². The van der Waals surface area contributed by atoms with Crippen molar-refractivity contribution >= 4 is 33.6 Å². The number of benzene rings is 4. The van der Waals surface area contributed by atoms with Gasteiger partial charge in [-0.05, 0) is 59.0 Å². The Morgan fingerprint density at radius 1 is 0.884 bits per heavy atom. The van der Waals surface area contributed by atoms with Crippen molar-refractivity contribution in [1.82, 2.24) is 4.90 Å². The first-order valence-electron chi connectivity index (χ1n) is 14.4. The average molecular weight is 574 g/mol. The normalized spacial score (nSPS) is 20.1. The van der Waals surface area contributed by atoms with Crippen molar-refractivity contribution in [3.8, 4) is 11.5 Å². The third-order valence-corrected chi connectivity index (χ3v) is 8.86. The lowest BCUT2D eigenvalue weighted by Gasteiger charge is -2.46. The van der Waals surface area contributed by atoms with Crippen molar-refractivity contribution in [2.45, 2.75) is 37.6 Å². The van der Waals surface area contributed by atoms with Gasteiger partial charge in [-0.2, -0.15) is 0 Å². The molecule has 0 radical (unpaired) electrons. The van der Waals surface area contributed by atoms with Gasteiger partial charge in [-0.3, -0.25) is 14.5 Å². The molecule has 0 unspecified atom stereocenters. The van der Waals surface area contributed by atoms with Gasteiger partial charge in [-0.15, -0.1) is 0 Å². The van der Waals surface area contributed by atoms with E-state index in [4.69, 9.17) is 18.6 Å². The summed E-state index contributed by atoms with van der Waals surface area (Å²) in [6.45, 7) is 0.300. The monoisotopic (exact) mass is 573 g/mol. The van der Waals surface area contributed by atoms with Gasteiger partial charge < -0.3 is 18.6 Å². The molecule has 0 spiro atoms. The molecule has 8 heteroatoms. The van der Waals surface area contributed by atoms with Gasteiger partial charge in [0, 0.05) is 25.5 Å². The topological polar surface area (TPSA) is 95.3 Å². The number of hydrogen-bond acceptors (Lipinski definition) is 7. The van der Waals surface area contributed by atoms with Crippen LogP contribution in [0.1, 0.15) is 62.8 Å². The second kappa shape index (κ2) is 9.54. The highest BCUT2D eigenvalue weighted by Crippen LogP contribution is 2.52. The fourth-order valence-corrected chi connectivity index (χ4v) is 6.78. The largest absolute Gasteiger partial charge is 0.497 e. The molecule has 0 saturated carbocycles. The van der Waals surface area contributed by atoms with Gasteiger partial charge in [0.1, 0.15) is 28.7 Å². The molecule has 0 saturated heterocycles. The summed E-state index contributed by atoms with van der Waals surface area (Å²) in [7, 11) is 1.56. The summed E-state index contributed by atoms with van der Waals surface area (Å²) in [4.78, 5) is 40.6. The average Bonchev–Trinajstić information content (AvgIpc) is 3.27. The summed E-state index contributed by atoms with van der Waals surface area (Å²) in [5.41, 5.74) is 3.10. The van der Waals surface area contributed by atoms with E-state index in [-0.39, 0.29) is 11.8 Å². The number of rotatable bonds is 6. The number of hydrogen-bond donors (Lipinski definition) is 0. The SMILES string of the molecule is COc1ccc2c3c(c(=O)oc2c1)[C@H]1O[C@](CCCCN2C(=O)c4ccccc4C2=O)(Cc2c1ccc1ccccc21)O3. The quantitative estimate of drug-likeness (QED) is 0.136. The standard InChI is InChI=1S/C35H27NO7/c1-40-21-13-15-26-28(18-21)41-34(39)29-30-23-14-12-20-8-2-3-9-22(20)27(23)19-35(42-30,43-31(26)29)16-6-7-17-36-32(37)24-10-4-5-11-25(24)33(36)38/h2-5,8-15,18,30H,6-7,16-17,19H2,1H3/t30-,35-/m0/s1. The Bertz CT molecular complexity index is 2010. The molecule has 43 heavy (non-hydrogen) atoms. The van der Waals surface area contributed by atoms with Gasteiger partial charge in [0.25, 0.3) is 11.8 Å². The number of methoxy groups -OCH3 is 1. The lowest BCUT2D eigenvalue weighted by molar-refractivity contribution is -0.232. The second-order valence-corrected chi connectivity index (χ2v) is 11.3. The molecule has 2 atom stereocenters. The maximum absolute atomic E-state index is 13.5. The molecule has 0 N–H and O–H groups in total. The maximum Gasteiger partial charge on any atom is 0.346 e. The molecule has 2 bridgehead atoms. The Labute approximate surface area is 246 Å². The number of carbonyl (C=O) groups is 2. The second-order valence-electron chi connectivity index (χ2n) is 11.3. The number of fused-ring (bicyclic) bond motifs is 11. The zero-order valence-corrected chi connectivity index (χ0v) is 23.4. The van der Waals surface area contributed by atoms with Crippen LogP contribution in [0.2, 0.25) is 0 Å². The highest BCUT2D eigenvalue weighted by molar-refractivity contribution is 6.21. The van der Waals surface area contributed by atoms with Crippen molar-refractivity contribution in [2.75, 3.05) is 13.7 Å². The molecular weight excluding hydrogens is 546 g/mol. The summed E-state index contributed by atoms with van der Waals surface area (Å²) in [6, 6.07) is 24.5. The first kappa shape index (κ1) is 25.7. The van der Waals surface area contributed by atoms with Crippen molar-refractivity contribution in [2.24, 2.45) is 0 Å². The van der Waals surface area contributed by atoms with E-state index in [1.807, 2.05) is 30.3 Å². The van der Waals surface area contributed by atoms with Gasteiger partial charge >= 0.3 is 5.63 Å². The van der Waals surface area contributed by atoms with E-state index in [2.05, 4.69) is 18.2 Å². The maximum atomic E-state index is 13.5. The molecule has 4 aromatic carbocycles. The van der Waals surface area contributed by atoms with Crippen molar-refractivity contribution in [3.63, 3.8) is 0 Å². The van der Waals surface area contributed by atoms with Gasteiger partial charge in [0.05, 0.1) is 23.6 Å². The van der Waals surface area contributed by atoms with Crippen LogP contribution in [0.25, 0.3) is 21.7 Å². The van der Waals surface area contributed by atoms with Gasteiger partial charge in [0.2, 0.25) is 5.79 Å². The van der Waals surface area contributed by atoms with E-state index in [1.54, 1.807) is 37.4 Å². The molecule has 1 aromatic heterocycles. The summed E-state index contributed by atoms with van der Waals surface area (Å²) < 4.78 is 24.6. The molecule has 2 amide bonds. The summed E-state index contributed by atoms with van der Waals surface area (Å²) >= 11 is 0. The molecule has 3 aliphatic heterocycles. The Balaban J connectivity index is 1.16. The van der Waals surface area contributed by atoms with Crippen LogP contribution >= 0.6 is 0 Å². The minimum absolute atomic E-state index is 0.260. The van der Waals surface area contributed by atoms with Crippen molar-refractivity contribution < 1.29 is 28.2 Å². The lowest BCUT2D eigenvalue weighted by atomic mass is 9.83. The first-order valence-corrected chi connectivity index (χ1v) is 14.4. The molecule has 0 fully saturated rings. The number of nitrogens with zero attached hydrogens (tertiary/aromatic N) is 1. The van der Waals surface area contributed by atoms with Crippen LogP contribution in [0, 0.1) is 0 Å². The van der Waals surface area contributed by atoms with Crippen LogP contribution < -0.4 is 15.1 Å². The Kier molecular flexibility index (Phi) is 5.71. The predicted molar refractivity (Wildman–Crippen MR) is 159 cm³/mol.